The Morgan fingerprint density at radius 3 is 2.26 bits per heavy atom. The molecule has 1 unspecified atom stereocenters. The highest BCUT2D eigenvalue weighted by atomic mass is 79.9. The molecule has 6 nitrogen and oxygen atoms in total. The predicted molar refractivity (Wildman–Crippen MR) is 179 cm³/mol. The predicted octanol–water partition coefficient (Wildman–Crippen LogP) is 8.13. The van der Waals surface area contributed by atoms with Gasteiger partial charge in [-0.1, -0.05) is 88.7 Å². The van der Waals surface area contributed by atoms with Crippen molar-refractivity contribution in [1.29, 1.82) is 0 Å². The zero-order valence-electron chi connectivity index (χ0n) is 23.2. The Balaban J connectivity index is 1.29. The van der Waals surface area contributed by atoms with E-state index in [-0.39, 0.29) is 11.6 Å². The fourth-order valence-corrected chi connectivity index (χ4v) is 5.53. The number of nitrogens with one attached hydrogen (secondary N) is 3. The minimum Gasteiger partial charge on any atom is -0.325 e. The monoisotopic (exact) mass is 649 g/mol. The summed E-state index contributed by atoms with van der Waals surface area (Å²) in [4.78, 5) is 40.2. The molecule has 0 saturated heterocycles. The van der Waals surface area contributed by atoms with E-state index < -0.39 is 17.1 Å². The molecule has 5 rings (SSSR count). The van der Waals surface area contributed by atoms with Crippen molar-refractivity contribution in [2.24, 2.45) is 0 Å². The Morgan fingerprint density at radius 2 is 1.47 bits per heavy atom. The Bertz CT molecular complexity index is 1800. The molecule has 5 aromatic carbocycles. The van der Waals surface area contributed by atoms with E-state index in [1.165, 1.54) is 11.8 Å². The van der Waals surface area contributed by atoms with Gasteiger partial charge in [-0.3, -0.25) is 14.4 Å². The van der Waals surface area contributed by atoms with Crippen molar-refractivity contribution >= 4 is 73.6 Å². The number of thioether (sulfide) groups is 1. The van der Waals surface area contributed by atoms with Crippen molar-refractivity contribution in [3.05, 3.63) is 143 Å². The summed E-state index contributed by atoms with van der Waals surface area (Å²) < 4.78 is 0.901. The summed E-state index contributed by atoms with van der Waals surface area (Å²) >= 11 is 4.80. The van der Waals surface area contributed by atoms with Gasteiger partial charge in [0.05, 0.1) is 5.25 Å². The lowest BCUT2D eigenvalue weighted by molar-refractivity contribution is -0.115. The van der Waals surface area contributed by atoms with Crippen LogP contribution in [-0.2, 0) is 9.59 Å². The molecule has 0 spiro atoms. The third kappa shape index (κ3) is 8.00. The lowest BCUT2D eigenvalue weighted by atomic mass is 10.1. The first-order valence-corrected chi connectivity index (χ1v) is 15.2. The average molecular weight is 651 g/mol. The van der Waals surface area contributed by atoms with Crippen molar-refractivity contribution < 1.29 is 14.4 Å². The molecule has 43 heavy (non-hydrogen) atoms. The molecule has 3 N–H and O–H groups in total. The van der Waals surface area contributed by atoms with E-state index in [1.807, 2.05) is 91.9 Å². The molecule has 0 aliphatic heterocycles. The van der Waals surface area contributed by atoms with Gasteiger partial charge in [-0.05, 0) is 72.5 Å². The van der Waals surface area contributed by atoms with Gasteiger partial charge in [0, 0.05) is 31.7 Å². The molecule has 0 aliphatic carbocycles. The summed E-state index contributed by atoms with van der Waals surface area (Å²) in [7, 11) is 0. The van der Waals surface area contributed by atoms with Gasteiger partial charge in [0.2, 0.25) is 5.91 Å². The number of anilines is 2. The molecule has 1 atom stereocenters. The maximum Gasteiger partial charge on any atom is 0.272 e. The number of amides is 3. The molecule has 0 saturated carbocycles. The quantitative estimate of drug-likeness (QED) is 0.111. The van der Waals surface area contributed by atoms with Crippen molar-refractivity contribution in [3.63, 3.8) is 0 Å². The van der Waals surface area contributed by atoms with Gasteiger partial charge in [0.1, 0.15) is 5.70 Å². The van der Waals surface area contributed by atoms with Crippen LogP contribution < -0.4 is 16.0 Å². The van der Waals surface area contributed by atoms with E-state index in [4.69, 9.17) is 0 Å². The van der Waals surface area contributed by atoms with Crippen LogP contribution in [0.2, 0.25) is 0 Å². The van der Waals surface area contributed by atoms with Crippen molar-refractivity contribution in [1.82, 2.24) is 5.32 Å². The van der Waals surface area contributed by atoms with Gasteiger partial charge >= 0.3 is 0 Å². The summed E-state index contributed by atoms with van der Waals surface area (Å²) in [5.74, 6) is -0.996. The lowest BCUT2D eigenvalue weighted by Crippen LogP contribution is -2.30. The van der Waals surface area contributed by atoms with Gasteiger partial charge in [0.15, 0.2) is 0 Å². The lowest BCUT2D eigenvalue weighted by Gasteiger charge is -2.15. The maximum atomic E-state index is 13.4. The largest absolute Gasteiger partial charge is 0.325 e. The van der Waals surface area contributed by atoms with Gasteiger partial charge in [-0.2, -0.15) is 0 Å². The summed E-state index contributed by atoms with van der Waals surface area (Å²) in [5.41, 5.74) is 2.58. The van der Waals surface area contributed by atoms with E-state index >= 15 is 0 Å². The normalized spacial score (nSPS) is 11.9. The highest BCUT2D eigenvalue weighted by molar-refractivity contribution is 9.10. The van der Waals surface area contributed by atoms with Crippen molar-refractivity contribution in [2.45, 2.75) is 17.1 Å². The van der Waals surface area contributed by atoms with Crippen LogP contribution in [0.3, 0.4) is 0 Å². The third-order valence-corrected chi connectivity index (χ3v) is 8.15. The second-order valence-corrected chi connectivity index (χ2v) is 12.0. The number of carbonyl (C=O) groups is 3. The van der Waals surface area contributed by atoms with E-state index in [2.05, 4.69) is 31.9 Å². The highest BCUT2D eigenvalue weighted by Gasteiger charge is 2.18. The van der Waals surface area contributed by atoms with E-state index in [1.54, 1.807) is 42.5 Å². The van der Waals surface area contributed by atoms with E-state index in [0.717, 1.165) is 31.4 Å². The Morgan fingerprint density at radius 1 is 0.767 bits per heavy atom. The number of fused-ring (bicyclic) bond motifs is 1. The number of benzene rings is 5. The number of carbonyl (C=O) groups excluding carboxylic acids is 3. The second kappa shape index (κ2) is 14.0. The number of rotatable bonds is 9. The van der Waals surface area contributed by atoms with Gasteiger partial charge in [-0.25, -0.2) is 0 Å². The third-order valence-electron chi connectivity index (χ3n) is 6.53. The van der Waals surface area contributed by atoms with Crippen LogP contribution in [0, 0.1) is 0 Å². The summed E-state index contributed by atoms with van der Waals surface area (Å²) in [6, 6.07) is 37.1. The Hall–Kier alpha value is -4.66. The van der Waals surface area contributed by atoms with Crippen LogP contribution in [0.4, 0.5) is 11.4 Å². The second-order valence-electron chi connectivity index (χ2n) is 9.69. The van der Waals surface area contributed by atoms with Gasteiger partial charge in [-0.15, -0.1) is 11.8 Å². The fraction of sp³-hybridized carbons (Fsp3) is 0.0571. The number of halogens is 1. The first kappa shape index (κ1) is 29.8. The first-order valence-electron chi connectivity index (χ1n) is 13.6. The molecule has 0 radical (unpaired) electrons. The molecule has 0 bridgehead atoms. The minimum absolute atomic E-state index is 0.0945. The zero-order chi connectivity index (χ0) is 30.2. The van der Waals surface area contributed by atoms with Crippen LogP contribution in [0.5, 0.6) is 0 Å². The molecule has 8 heteroatoms. The number of hydrogen-bond acceptors (Lipinski definition) is 4. The van der Waals surface area contributed by atoms with Crippen LogP contribution >= 0.6 is 27.7 Å². The van der Waals surface area contributed by atoms with Crippen molar-refractivity contribution in [3.8, 4) is 0 Å². The summed E-state index contributed by atoms with van der Waals surface area (Å²) in [6.45, 7) is 1.84. The van der Waals surface area contributed by atoms with E-state index in [9.17, 15) is 14.4 Å². The van der Waals surface area contributed by atoms with Gasteiger partial charge in [0.25, 0.3) is 11.8 Å². The molecular formula is C35H28BrN3O3S. The molecule has 214 valence electrons. The van der Waals surface area contributed by atoms with E-state index in [0.29, 0.717) is 11.3 Å². The fourth-order valence-electron chi connectivity index (χ4n) is 4.34. The van der Waals surface area contributed by atoms with Crippen molar-refractivity contribution in [2.75, 3.05) is 10.6 Å². The smallest absolute Gasteiger partial charge is 0.272 e. The Labute approximate surface area is 262 Å². The molecule has 5 aromatic rings. The summed E-state index contributed by atoms with van der Waals surface area (Å²) in [6.07, 6.45) is 1.63. The molecule has 0 aromatic heterocycles. The SMILES string of the molecule is CC(Sc1cccc(NC(=O)/C(=C\c2ccc(Br)cc2)NC(=O)c2ccccc2)c1)C(=O)Nc1cccc2ccccc12. The number of hydrogen-bond donors (Lipinski definition) is 3. The van der Waals surface area contributed by atoms with Gasteiger partial charge < -0.3 is 16.0 Å². The summed E-state index contributed by atoms with van der Waals surface area (Å²) in [5, 5.41) is 10.3. The molecule has 0 aliphatic rings. The Kier molecular flexibility index (Phi) is 9.71. The first-order chi connectivity index (χ1) is 20.9. The molecular weight excluding hydrogens is 622 g/mol. The van der Waals surface area contributed by atoms with Crippen LogP contribution in [-0.4, -0.2) is 23.0 Å². The minimum atomic E-state index is -0.476. The highest BCUT2D eigenvalue weighted by Crippen LogP contribution is 2.28. The molecule has 3 amide bonds. The van der Waals surface area contributed by atoms with Crippen LogP contribution in [0.25, 0.3) is 16.8 Å². The molecule has 0 heterocycles. The standard InChI is InChI=1S/C35H28BrN3O3S/c1-23(33(40)38-31-16-7-12-25-9-5-6-15-30(25)31)43-29-14-8-13-28(22-29)37-35(42)32(21-24-17-19-27(36)20-18-24)39-34(41)26-10-3-2-4-11-26/h2-23H,1H3,(H,37,42)(H,38,40)(H,39,41)/b32-21+. The maximum absolute atomic E-state index is 13.4. The topological polar surface area (TPSA) is 87.3 Å². The van der Waals surface area contributed by atoms with Crippen LogP contribution in [0.15, 0.2) is 136 Å². The zero-order valence-corrected chi connectivity index (χ0v) is 25.6. The van der Waals surface area contributed by atoms with Crippen LogP contribution in [0.1, 0.15) is 22.8 Å². The average Bonchev–Trinajstić information content (AvgIpc) is 3.02. The molecule has 0 fully saturated rings.